The van der Waals surface area contributed by atoms with Gasteiger partial charge in [0.1, 0.15) is 4.88 Å². The van der Waals surface area contributed by atoms with Crippen LogP contribution in [-0.4, -0.2) is 48.1 Å². The molecule has 26 heavy (non-hydrogen) atoms. The number of hydrogen-bond acceptors (Lipinski definition) is 6. The van der Waals surface area contributed by atoms with Gasteiger partial charge in [-0.25, -0.2) is 9.50 Å². The van der Waals surface area contributed by atoms with Gasteiger partial charge in [-0.1, -0.05) is 4.49 Å². The summed E-state index contributed by atoms with van der Waals surface area (Å²) >= 11 is 1.15. The molecule has 4 heterocycles. The number of amides is 1. The van der Waals surface area contributed by atoms with E-state index in [2.05, 4.69) is 19.7 Å². The number of hydrogen-bond donors (Lipinski definition) is 1. The normalized spacial score (nSPS) is 15.7. The molecule has 1 fully saturated rings. The molecule has 0 bridgehead atoms. The van der Waals surface area contributed by atoms with Crippen LogP contribution in [0.3, 0.4) is 0 Å². The van der Waals surface area contributed by atoms with Gasteiger partial charge in [0.15, 0.2) is 5.65 Å². The molecule has 8 nitrogen and oxygen atoms in total. The number of aryl methyl sites for hydroxylation is 2. The van der Waals surface area contributed by atoms with Gasteiger partial charge in [-0.3, -0.25) is 14.7 Å². The van der Waals surface area contributed by atoms with Gasteiger partial charge in [-0.15, -0.1) is 5.10 Å². The Morgan fingerprint density at radius 3 is 2.62 bits per heavy atom. The van der Waals surface area contributed by atoms with Crippen molar-refractivity contribution in [2.45, 2.75) is 39.5 Å². The molecule has 0 radical (unpaired) electrons. The van der Waals surface area contributed by atoms with E-state index in [9.17, 15) is 9.59 Å². The summed E-state index contributed by atoms with van der Waals surface area (Å²) in [6.07, 6.45) is 1.69. The van der Waals surface area contributed by atoms with Crippen LogP contribution < -0.4 is 5.56 Å². The third-order valence-corrected chi connectivity index (χ3v) is 5.99. The van der Waals surface area contributed by atoms with Gasteiger partial charge in [0, 0.05) is 42.0 Å². The average molecular weight is 372 g/mol. The quantitative estimate of drug-likeness (QED) is 0.740. The van der Waals surface area contributed by atoms with Crippen molar-refractivity contribution < 1.29 is 4.79 Å². The largest absolute Gasteiger partial charge is 0.338 e. The van der Waals surface area contributed by atoms with E-state index in [1.807, 2.05) is 24.8 Å². The predicted octanol–water partition coefficient (Wildman–Crippen LogP) is 1.82. The predicted molar refractivity (Wildman–Crippen MR) is 97.8 cm³/mol. The molecule has 3 aromatic rings. The minimum atomic E-state index is -0.0560. The maximum absolute atomic E-state index is 12.6. The van der Waals surface area contributed by atoms with Crippen LogP contribution >= 0.6 is 11.5 Å². The molecule has 0 aliphatic carbocycles. The lowest BCUT2D eigenvalue weighted by Crippen LogP contribution is -2.38. The summed E-state index contributed by atoms with van der Waals surface area (Å²) in [5, 5.41) is 7.12. The minimum absolute atomic E-state index is 0.0109. The average Bonchev–Trinajstić information content (AvgIpc) is 3.26. The minimum Gasteiger partial charge on any atom is -0.338 e. The van der Waals surface area contributed by atoms with Crippen molar-refractivity contribution in [3.05, 3.63) is 43.9 Å². The first-order valence-corrected chi connectivity index (χ1v) is 9.40. The summed E-state index contributed by atoms with van der Waals surface area (Å²) in [6, 6.07) is 1.95. The topological polar surface area (TPSA) is 96.2 Å². The summed E-state index contributed by atoms with van der Waals surface area (Å²) in [7, 11) is 0. The Morgan fingerprint density at radius 2 is 1.96 bits per heavy atom. The van der Waals surface area contributed by atoms with Crippen molar-refractivity contribution in [2.24, 2.45) is 0 Å². The van der Waals surface area contributed by atoms with Crippen LogP contribution in [0, 0.1) is 20.8 Å². The summed E-state index contributed by atoms with van der Waals surface area (Å²) < 4.78 is 5.36. The van der Waals surface area contributed by atoms with E-state index in [0.717, 1.165) is 35.8 Å². The van der Waals surface area contributed by atoms with Crippen LogP contribution in [0.15, 0.2) is 10.9 Å². The number of H-pyrrole nitrogens is 1. The number of aromatic amines is 1. The molecule has 136 valence electrons. The number of rotatable bonds is 2. The van der Waals surface area contributed by atoms with E-state index in [4.69, 9.17) is 0 Å². The molecule has 9 heteroatoms. The highest BCUT2D eigenvalue weighted by molar-refractivity contribution is 7.07. The molecule has 1 amide bonds. The number of carbonyl (C=O) groups excluding carboxylic acids is 1. The summed E-state index contributed by atoms with van der Waals surface area (Å²) in [5.41, 5.74) is 3.70. The fourth-order valence-corrected chi connectivity index (χ4v) is 4.04. The molecule has 0 atom stereocenters. The molecule has 1 N–H and O–H groups in total. The summed E-state index contributed by atoms with van der Waals surface area (Å²) in [6.45, 7) is 6.80. The van der Waals surface area contributed by atoms with Crippen molar-refractivity contribution in [1.82, 2.24) is 29.1 Å². The maximum Gasteiger partial charge on any atom is 0.275 e. The van der Waals surface area contributed by atoms with Gasteiger partial charge in [0.25, 0.3) is 11.5 Å². The first kappa shape index (κ1) is 16.9. The highest BCUT2D eigenvalue weighted by Gasteiger charge is 2.28. The molecule has 0 saturated carbocycles. The SMILES string of the molecule is Cc1nnsc1C(=O)N1CCC(c2cc3nc(C)c(C)c(=O)n3[nH]2)CC1. The van der Waals surface area contributed by atoms with Gasteiger partial charge in [-0.2, -0.15) is 0 Å². The van der Waals surface area contributed by atoms with Crippen LogP contribution in [0.1, 0.15) is 51.1 Å². The van der Waals surface area contributed by atoms with Crippen LogP contribution in [0.4, 0.5) is 0 Å². The van der Waals surface area contributed by atoms with Gasteiger partial charge in [0.05, 0.1) is 5.69 Å². The Bertz CT molecular complexity index is 1040. The van der Waals surface area contributed by atoms with E-state index in [-0.39, 0.29) is 17.4 Å². The van der Waals surface area contributed by atoms with E-state index < -0.39 is 0 Å². The van der Waals surface area contributed by atoms with Gasteiger partial charge in [0.2, 0.25) is 0 Å². The molecule has 4 rings (SSSR count). The molecular weight excluding hydrogens is 352 g/mol. The van der Waals surface area contributed by atoms with Crippen molar-refractivity contribution in [3.8, 4) is 0 Å². The van der Waals surface area contributed by atoms with Crippen LogP contribution in [0.5, 0.6) is 0 Å². The van der Waals surface area contributed by atoms with Crippen molar-refractivity contribution in [3.63, 3.8) is 0 Å². The monoisotopic (exact) mass is 372 g/mol. The van der Waals surface area contributed by atoms with E-state index in [1.54, 1.807) is 6.92 Å². The van der Waals surface area contributed by atoms with Crippen molar-refractivity contribution in [2.75, 3.05) is 13.1 Å². The second-order valence-electron chi connectivity index (χ2n) is 6.79. The van der Waals surface area contributed by atoms with E-state index in [0.29, 0.717) is 34.9 Å². The molecule has 0 aromatic carbocycles. The molecule has 3 aromatic heterocycles. The first-order valence-electron chi connectivity index (χ1n) is 8.63. The van der Waals surface area contributed by atoms with Gasteiger partial charge < -0.3 is 4.90 Å². The second-order valence-corrected chi connectivity index (χ2v) is 7.54. The number of carbonyl (C=O) groups is 1. The van der Waals surface area contributed by atoms with E-state index in [1.165, 1.54) is 4.52 Å². The third-order valence-electron chi connectivity index (χ3n) is 5.17. The Morgan fingerprint density at radius 1 is 1.23 bits per heavy atom. The van der Waals surface area contributed by atoms with Crippen molar-refractivity contribution in [1.29, 1.82) is 0 Å². The Labute approximate surface area is 154 Å². The Kier molecular flexibility index (Phi) is 4.10. The molecule has 1 aliphatic rings. The number of aromatic nitrogens is 5. The smallest absolute Gasteiger partial charge is 0.275 e. The van der Waals surface area contributed by atoms with E-state index >= 15 is 0 Å². The highest BCUT2D eigenvalue weighted by atomic mass is 32.1. The zero-order valence-corrected chi connectivity index (χ0v) is 15.8. The zero-order chi connectivity index (χ0) is 18.4. The molecule has 1 saturated heterocycles. The Hall–Kier alpha value is -2.55. The van der Waals surface area contributed by atoms with Gasteiger partial charge >= 0.3 is 0 Å². The fourth-order valence-electron chi connectivity index (χ4n) is 3.41. The zero-order valence-electron chi connectivity index (χ0n) is 14.9. The van der Waals surface area contributed by atoms with Crippen molar-refractivity contribution >= 4 is 23.1 Å². The number of fused-ring (bicyclic) bond motifs is 1. The maximum atomic E-state index is 12.6. The molecule has 0 unspecified atom stereocenters. The third kappa shape index (κ3) is 2.72. The lowest BCUT2D eigenvalue weighted by molar-refractivity contribution is 0.0716. The molecular formula is C17H20N6O2S. The number of piperidine rings is 1. The number of likely N-dealkylation sites (tertiary alicyclic amines) is 1. The summed E-state index contributed by atoms with van der Waals surface area (Å²) in [5.74, 6) is 0.290. The molecule has 1 aliphatic heterocycles. The summed E-state index contributed by atoms with van der Waals surface area (Å²) in [4.78, 5) is 31.9. The first-order chi connectivity index (χ1) is 12.5. The van der Waals surface area contributed by atoms with Crippen LogP contribution in [-0.2, 0) is 0 Å². The van der Waals surface area contributed by atoms with Crippen LogP contribution in [0.2, 0.25) is 0 Å². The van der Waals surface area contributed by atoms with Crippen LogP contribution in [0.25, 0.3) is 5.65 Å². The number of nitrogens with zero attached hydrogens (tertiary/aromatic N) is 5. The lowest BCUT2D eigenvalue weighted by atomic mass is 9.93. The lowest BCUT2D eigenvalue weighted by Gasteiger charge is -2.31. The standard InChI is InChI=1S/C17H20N6O2S/c1-9-10(2)18-14-8-13(20-23(14)16(9)24)12-4-6-22(7-5-12)17(25)15-11(3)19-21-26-15/h8,12,20H,4-7H2,1-3H3. The highest BCUT2D eigenvalue weighted by Crippen LogP contribution is 2.28. The fraction of sp³-hybridized carbons (Fsp3) is 0.471. The Balaban J connectivity index is 1.52. The second kappa shape index (κ2) is 6.31. The molecule has 0 spiro atoms. The van der Waals surface area contributed by atoms with Gasteiger partial charge in [-0.05, 0) is 45.1 Å². The number of nitrogens with one attached hydrogen (secondary N) is 1.